The maximum absolute atomic E-state index is 14.1. The minimum Gasteiger partial charge on any atom is -0.394 e. The number of aliphatic hydroxyl groups is 1. The third kappa shape index (κ3) is 4.48. The fraction of sp³-hybridized carbons (Fsp3) is 0.667. The van der Waals surface area contributed by atoms with Gasteiger partial charge in [-0.1, -0.05) is 51.1 Å². The third-order valence-electron chi connectivity index (χ3n) is 7.82. The van der Waals surface area contributed by atoms with Crippen LogP contribution in [0.5, 0.6) is 0 Å². The molecule has 3 fully saturated rings. The van der Waals surface area contributed by atoms with Gasteiger partial charge in [0.2, 0.25) is 17.7 Å². The monoisotopic (exact) mass is 501 g/mol. The highest BCUT2D eigenvalue weighted by Crippen LogP contribution is 2.68. The number of benzene rings is 1. The number of hydrogen-bond acceptors (Lipinski definition) is 5. The lowest BCUT2D eigenvalue weighted by molar-refractivity contribution is -0.143. The lowest BCUT2D eigenvalue weighted by atomic mass is 9.66. The number of nitrogens with one attached hydrogen (secondary N) is 2. The molecule has 7 nitrogen and oxygen atoms in total. The van der Waals surface area contributed by atoms with Gasteiger partial charge in [0, 0.05) is 17.8 Å². The van der Waals surface area contributed by atoms with Crippen molar-refractivity contribution in [1.29, 1.82) is 0 Å². The SMILES string of the molecule is CC(C)C[C@H](CO)N1C(=O)[C@@H]2[C@@H](C(=O)NCc3ccccc3)[C@H]3CC(C)C2(S3)C1C(=O)NC(C)C. The van der Waals surface area contributed by atoms with Crippen LogP contribution in [0.25, 0.3) is 0 Å². The van der Waals surface area contributed by atoms with Gasteiger partial charge in [-0.2, -0.15) is 0 Å². The first-order valence-electron chi connectivity index (χ1n) is 12.8. The molecular weight excluding hydrogens is 462 g/mol. The van der Waals surface area contributed by atoms with E-state index in [4.69, 9.17) is 0 Å². The van der Waals surface area contributed by atoms with Crippen LogP contribution in [-0.2, 0) is 20.9 Å². The van der Waals surface area contributed by atoms with Crippen molar-refractivity contribution in [3.63, 3.8) is 0 Å². The van der Waals surface area contributed by atoms with E-state index >= 15 is 0 Å². The number of rotatable bonds is 9. The zero-order valence-corrected chi connectivity index (χ0v) is 22.2. The molecule has 0 aromatic heterocycles. The molecular formula is C27H39N3O4S. The van der Waals surface area contributed by atoms with E-state index in [1.807, 2.05) is 58.0 Å². The minimum absolute atomic E-state index is 0.00361. The Balaban J connectivity index is 1.69. The predicted molar refractivity (Wildman–Crippen MR) is 137 cm³/mol. The average molecular weight is 502 g/mol. The van der Waals surface area contributed by atoms with Crippen molar-refractivity contribution in [2.45, 2.75) is 82.1 Å². The predicted octanol–water partition coefficient (Wildman–Crippen LogP) is 2.57. The Morgan fingerprint density at radius 3 is 2.46 bits per heavy atom. The van der Waals surface area contributed by atoms with Crippen LogP contribution < -0.4 is 10.6 Å². The maximum Gasteiger partial charge on any atom is 0.244 e. The summed E-state index contributed by atoms with van der Waals surface area (Å²) in [5, 5.41) is 16.4. The van der Waals surface area contributed by atoms with E-state index in [0.717, 1.165) is 12.0 Å². The van der Waals surface area contributed by atoms with Crippen molar-refractivity contribution in [3.05, 3.63) is 35.9 Å². The fourth-order valence-corrected chi connectivity index (χ4v) is 8.95. The molecule has 1 aromatic carbocycles. The van der Waals surface area contributed by atoms with Crippen LogP contribution in [0.1, 0.15) is 53.0 Å². The van der Waals surface area contributed by atoms with Crippen LogP contribution >= 0.6 is 11.8 Å². The van der Waals surface area contributed by atoms with Gasteiger partial charge in [-0.15, -0.1) is 11.8 Å². The summed E-state index contributed by atoms with van der Waals surface area (Å²) in [7, 11) is 0. The molecule has 192 valence electrons. The van der Waals surface area contributed by atoms with Crippen LogP contribution in [0.15, 0.2) is 30.3 Å². The van der Waals surface area contributed by atoms with E-state index in [-0.39, 0.29) is 47.5 Å². The number of amides is 3. The molecule has 3 amide bonds. The van der Waals surface area contributed by atoms with Gasteiger partial charge in [-0.05, 0) is 44.1 Å². The van der Waals surface area contributed by atoms with Crippen molar-refractivity contribution >= 4 is 29.5 Å². The maximum atomic E-state index is 14.1. The van der Waals surface area contributed by atoms with Gasteiger partial charge in [0.1, 0.15) is 6.04 Å². The Morgan fingerprint density at radius 2 is 1.86 bits per heavy atom. The molecule has 1 aromatic rings. The number of thioether (sulfide) groups is 1. The number of nitrogens with zero attached hydrogens (tertiary/aromatic N) is 1. The molecule has 2 bridgehead atoms. The number of carbonyl (C=O) groups excluding carboxylic acids is 3. The first-order chi connectivity index (χ1) is 16.6. The van der Waals surface area contributed by atoms with E-state index in [1.165, 1.54) is 0 Å². The van der Waals surface area contributed by atoms with Gasteiger partial charge in [-0.3, -0.25) is 14.4 Å². The van der Waals surface area contributed by atoms with E-state index < -0.39 is 28.7 Å². The van der Waals surface area contributed by atoms with Crippen molar-refractivity contribution in [1.82, 2.24) is 15.5 Å². The fourth-order valence-electron chi connectivity index (χ4n) is 6.54. The summed E-state index contributed by atoms with van der Waals surface area (Å²) >= 11 is 1.67. The highest BCUT2D eigenvalue weighted by molar-refractivity contribution is 8.02. The van der Waals surface area contributed by atoms with Crippen LogP contribution in [-0.4, -0.2) is 62.5 Å². The average Bonchev–Trinajstić information content (AvgIpc) is 3.39. The smallest absolute Gasteiger partial charge is 0.244 e. The van der Waals surface area contributed by atoms with Gasteiger partial charge in [-0.25, -0.2) is 0 Å². The first-order valence-corrected chi connectivity index (χ1v) is 13.7. The summed E-state index contributed by atoms with van der Waals surface area (Å²) in [5.41, 5.74) is 1.01. The van der Waals surface area contributed by atoms with Gasteiger partial charge in [0.05, 0.1) is 29.2 Å². The summed E-state index contributed by atoms with van der Waals surface area (Å²) in [4.78, 5) is 43.0. The van der Waals surface area contributed by atoms with E-state index in [0.29, 0.717) is 13.0 Å². The number of aliphatic hydroxyl groups excluding tert-OH is 1. The number of fused-ring (bicyclic) bond motifs is 1. The van der Waals surface area contributed by atoms with Crippen molar-refractivity contribution in [3.8, 4) is 0 Å². The first kappa shape index (κ1) is 26.0. The largest absolute Gasteiger partial charge is 0.394 e. The summed E-state index contributed by atoms with van der Waals surface area (Å²) in [6.07, 6.45) is 1.40. The summed E-state index contributed by atoms with van der Waals surface area (Å²) in [5.74, 6) is -1.15. The second-order valence-corrected chi connectivity index (χ2v) is 12.7. The van der Waals surface area contributed by atoms with Crippen LogP contribution in [0.2, 0.25) is 0 Å². The van der Waals surface area contributed by atoms with Crippen molar-refractivity contribution in [2.75, 3.05) is 6.61 Å². The molecule has 3 unspecified atom stereocenters. The summed E-state index contributed by atoms with van der Waals surface area (Å²) in [6.45, 7) is 10.2. The Kier molecular flexibility index (Phi) is 7.53. The number of carbonyl (C=O) groups is 3. The quantitative estimate of drug-likeness (QED) is 0.483. The Hall–Kier alpha value is -2.06. The van der Waals surface area contributed by atoms with Gasteiger partial charge in [0.15, 0.2) is 0 Å². The molecule has 3 aliphatic heterocycles. The van der Waals surface area contributed by atoms with Crippen LogP contribution in [0, 0.1) is 23.7 Å². The highest BCUT2D eigenvalue weighted by atomic mass is 32.2. The van der Waals surface area contributed by atoms with Crippen molar-refractivity contribution < 1.29 is 19.5 Å². The standard InChI is InChI=1S/C27H39N3O4S/c1-15(2)11-19(14-31)30-23(25(33)29-16(3)4)27-17(5)12-20(35-27)21(22(27)26(30)34)24(32)28-13-18-9-7-6-8-10-18/h6-10,15-17,19-23,31H,11-14H2,1-5H3,(H,28,32)(H,29,33)/t17?,19-,20-,21+,22+,23?,27?/m1/s1. The minimum atomic E-state index is -0.699. The Morgan fingerprint density at radius 1 is 1.17 bits per heavy atom. The van der Waals surface area contributed by atoms with Gasteiger partial charge >= 0.3 is 0 Å². The second kappa shape index (κ2) is 10.1. The molecule has 3 heterocycles. The van der Waals surface area contributed by atoms with E-state index in [2.05, 4.69) is 17.6 Å². The van der Waals surface area contributed by atoms with E-state index in [1.54, 1.807) is 16.7 Å². The molecule has 1 spiro atoms. The second-order valence-electron chi connectivity index (χ2n) is 11.1. The Bertz CT molecular complexity index is 955. The molecule has 0 saturated carbocycles. The van der Waals surface area contributed by atoms with Gasteiger partial charge in [0.25, 0.3) is 0 Å². The van der Waals surface area contributed by atoms with Crippen molar-refractivity contribution in [2.24, 2.45) is 23.7 Å². The number of likely N-dealkylation sites (tertiary alicyclic amines) is 1. The Labute approximate surface area is 212 Å². The molecule has 0 aliphatic carbocycles. The molecule has 8 heteroatoms. The topological polar surface area (TPSA) is 98.7 Å². The third-order valence-corrected chi connectivity index (χ3v) is 9.90. The number of hydrogen-bond donors (Lipinski definition) is 3. The molecule has 4 rings (SSSR count). The molecule has 35 heavy (non-hydrogen) atoms. The zero-order valence-electron chi connectivity index (χ0n) is 21.4. The van der Waals surface area contributed by atoms with Crippen LogP contribution in [0.4, 0.5) is 0 Å². The zero-order chi connectivity index (χ0) is 25.5. The molecule has 3 saturated heterocycles. The lowest BCUT2D eigenvalue weighted by Gasteiger charge is -2.40. The highest BCUT2D eigenvalue weighted by Gasteiger charge is 2.76. The normalized spacial score (nSPS) is 32.3. The summed E-state index contributed by atoms with van der Waals surface area (Å²) in [6, 6.07) is 8.51. The molecule has 3 aliphatic rings. The molecule has 7 atom stereocenters. The van der Waals surface area contributed by atoms with E-state index in [9.17, 15) is 19.5 Å². The lowest BCUT2D eigenvalue weighted by Crippen LogP contribution is -2.59. The van der Waals surface area contributed by atoms with Crippen LogP contribution in [0.3, 0.4) is 0 Å². The summed E-state index contributed by atoms with van der Waals surface area (Å²) < 4.78 is -0.667. The van der Waals surface area contributed by atoms with Gasteiger partial charge < -0.3 is 20.6 Å². The molecule has 0 radical (unpaired) electrons. The molecule has 3 N–H and O–H groups in total.